The highest BCUT2D eigenvalue weighted by Crippen LogP contribution is 2.42. The number of carbonyl (C=O) groups is 1. The largest absolute Gasteiger partial charge is 0.506 e. The highest BCUT2D eigenvalue weighted by atomic mass is 79.9. The molecule has 0 atom stereocenters. The quantitative estimate of drug-likeness (QED) is 0.494. The van der Waals surface area contributed by atoms with Gasteiger partial charge >= 0.3 is 5.97 Å². The number of carbonyl (C=O) groups excluding carboxylic acids is 1. The summed E-state index contributed by atoms with van der Waals surface area (Å²) in [7, 11) is 1.51. The molecule has 0 aromatic heterocycles. The zero-order valence-corrected chi connectivity index (χ0v) is 18.8. The van der Waals surface area contributed by atoms with Gasteiger partial charge in [0.1, 0.15) is 22.1 Å². The highest BCUT2D eigenvalue weighted by Gasteiger charge is 2.33. The fourth-order valence-corrected chi connectivity index (χ4v) is 4.59. The Morgan fingerprint density at radius 1 is 1.31 bits per heavy atom. The number of hydrogen-bond acceptors (Lipinski definition) is 6. The minimum atomic E-state index is -0.630. The van der Waals surface area contributed by atoms with Gasteiger partial charge in [-0.2, -0.15) is 0 Å². The average molecular weight is 495 g/mol. The smallest absolute Gasteiger partial charge is 0.344 e. The molecule has 5 nitrogen and oxygen atoms in total. The van der Waals surface area contributed by atoms with Crippen LogP contribution >= 0.6 is 39.3 Å². The normalized spacial score (nSPS) is 16.6. The molecule has 0 fully saturated rings. The summed E-state index contributed by atoms with van der Waals surface area (Å²) in [6.07, 6.45) is 1.70. The molecule has 0 amide bonds. The Morgan fingerprint density at radius 2 is 2.03 bits per heavy atom. The van der Waals surface area contributed by atoms with Gasteiger partial charge in [0.15, 0.2) is 0 Å². The molecule has 29 heavy (non-hydrogen) atoms. The Labute approximate surface area is 186 Å². The minimum Gasteiger partial charge on any atom is -0.506 e. The highest BCUT2D eigenvalue weighted by molar-refractivity contribution is 9.10. The van der Waals surface area contributed by atoms with Crippen molar-refractivity contribution in [1.29, 1.82) is 0 Å². The molecular formula is C21H17BrClNO4S. The summed E-state index contributed by atoms with van der Waals surface area (Å²) in [6.45, 7) is 1.89. The summed E-state index contributed by atoms with van der Waals surface area (Å²) >= 11 is 10.8. The van der Waals surface area contributed by atoms with E-state index < -0.39 is 5.97 Å². The van der Waals surface area contributed by atoms with Gasteiger partial charge in [0.25, 0.3) is 0 Å². The van der Waals surface area contributed by atoms with E-state index in [1.54, 1.807) is 19.1 Å². The number of aliphatic imine (C=N–C) groups is 1. The number of nitrogens with zero attached hydrogens (tertiary/aromatic N) is 1. The van der Waals surface area contributed by atoms with Crippen molar-refractivity contribution >= 4 is 62.1 Å². The number of hydrogen-bond donors (Lipinski definition) is 1. The first kappa shape index (κ1) is 21.5. The lowest BCUT2D eigenvalue weighted by Gasteiger charge is -2.09. The molecule has 0 radical (unpaired) electrons. The Bertz CT molecular complexity index is 1030. The summed E-state index contributed by atoms with van der Waals surface area (Å²) < 4.78 is 11.3. The third kappa shape index (κ3) is 4.86. The second kappa shape index (κ2) is 9.52. The molecule has 1 heterocycles. The van der Waals surface area contributed by atoms with E-state index in [9.17, 15) is 9.90 Å². The van der Waals surface area contributed by atoms with Crippen LogP contribution in [0.5, 0.6) is 5.75 Å². The Hall–Kier alpha value is -2.22. The molecule has 1 aliphatic rings. The van der Waals surface area contributed by atoms with Crippen LogP contribution in [0.2, 0.25) is 5.02 Å². The third-order valence-corrected chi connectivity index (χ3v) is 5.64. The maximum Gasteiger partial charge on any atom is 0.344 e. The van der Waals surface area contributed by atoms with E-state index in [2.05, 4.69) is 20.9 Å². The van der Waals surface area contributed by atoms with Crippen molar-refractivity contribution in [1.82, 2.24) is 0 Å². The molecule has 1 N–H and O–H groups in total. The van der Waals surface area contributed by atoms with Gasteiger partial charge in [0.2, 0.25) is 0 Å². The van der Waals surface area contributed by atoms with E-state index in [-0.39, 0.29) is 17.9 Å². The van der Waals surface area contributed by atoms with Crippen molar-refractivity contribution in [3.8, 4) is 5.75 Å². The molecule has 3 rings (SSSR count). The first-order chi connectivity index (χ1) is 13.9. The van der Waals surface area contributed by atoms with E-state index in [1.807, 2.05) is 36.4 Å². The summed E-state index contributed by atoms with van der Waals surface area (Å²) in [6, 6.07) is 12.7. The Kier molecular flexibility index (Phi) is 7.05. The predicted molar refractivity (Wildman–Crippen MR) is 121 cm³/mol. The number of esters is 1. The summed E-state index contributed by atoms with van der Waals surface area (Å²) in [5.74, 6) is -0.363. The molecule has 1 aliphatic heterocycles. The van der Waals surface area contributed by atoms with Crippen molar-refractivity contribution < 1.29 is 19.4 Å². The molecule has 2 aromatic rings. The van der Waals surface area contributed by atoms with Gasteiger partial charge in [-0.15, -0.1) is 0 Å². The lowest BCUT2D eigenvalue weighted by molar-refractivity contribution is -0.138. The first-order valence-corrected chi connectivity index (χ1v) is 10.6. The number of rotatable bonds is 5. The molecule has 0 saturated carbocycles. The summed E-state index contributed by atoms with van der Waals surface area (Å²) in [4.78, 5) is 17.4. The van der Waals surface area contributed by atoms with Gasteiger partial charge in [0.05, 0.1) is 29.3 Å². The van der Waals surface area contributed by atoms with Crippen molar-refractivity contribution in [2.24, 2.45) is 4.99 Å². The van der Waals surface area contributed by atoms with Crippen LogP contribution in [0.25, 0.3) is 6.08 Å². The van der Waals surface area contributed by atoms with E-state index in [0.29, 0.717) is 32.0 Å². The molecule has 150 valence electrons. The number of aliphatic hydroxyl groups is 1. The van der Waals surface area contributed by atoms with Crippen LogP contribution in [0.1, 0.15) is 12.5 Å². The minimum absolute atomic E-state index is 0.0343. The van der Waals surface area contributed by atoms with Crippen LogP contribution in [0.15, 0.2) is 68.2 Å². The number of halogens is 2. The molecule has 0 bridgehead atoms. The lowest BCUT2D eigenvalue weighted by atomic mass is 10.1. The van der Waals surface area contributed by atoms with Gasteiger partial charge in [-0.1, -0.05) is 57.5 Å². The Balaban J connectivity index is 2.11. The van der Waals surface area contributed by atoms with Crippen LogP contribution in [0.3, 0.4) is 0 Å². The fourth-order valence-electron chi connectivity index (χ4n) is 2.66. The van der Waals surface area contributed by atoms with Crippen LogP contribution in [0.4, 0.5) is 5.69 Å². The SMILES string of the molecule is CCOC(=O)C1=C(O)/C(=C/c2cc(Br)cc(Cl)c2OC)SC1=Nc1ccccc1. The van der Waals surface area contributed by atoms with Gasteiger partial charge in [0, 0.05) is 10.0 Å². The van der Waals surface area contributed by atoms with Crippen LogP contribution in [-0.4, -0.2) is 29.8 Å². The fraction of sp³-hybridized carbons (Fsp3) is 0.143. The van der Waals surface area contributed by atoms with Crippen molar-refractivity contribution in [3.05, 3.63) is 73.8 Å². The molecule has 8 heteroatoms. The van der Waals surface area contributed by atoms with E-state index in [1.165, 1.54) is 18.9 Å². The zero-order chi connectivity index (χ0) is 21.0. The monoisotopic (exact) mass is 493 g/mol. The van der Waals surface area contributed by atoms with E-state index >= 15 is 0 Å². The van der Waals surface area contributed by atoms with Crippen molar-refractivity contribution in [3.63, 3.8) is 0 Å². The molecule has 2 aromatic carbocycles. The third-order valence-electron chi connectivity index (χ3n) is 3.88. The van der Waals surface area contributed by atoms with Gasteiger partial charge in [-0.3, -0.25) is 0 Å². The number of thioether (sulfide) groups is 1. The molecular weight excluding hydrogens is 478 g/mol. The predicted octanol–water partition coefficient (Wildman–Crippen LogP) is 6.30. The second-order valence-corrected chi connectivity index (χ2v) is 8.17. The molecule has 0 aliphatic carbocycles. The van der Waals surface area contributed by atoms with Crippen LogP contribution in [-0.2, 0) is 9.53 Å². The number of ether oxygens (including phenoxy) is 2. The lowest BCUT2D eigenvalue weighted by Crippen LogP contribution is -2.12. The van der Waals surface area contributed by atoms with Gasteiger partial charge in [-0.05, 0) is 37.3 Å². The van der Waals surface area contributed by atoms with E-state index in [0.717, 1.165) is 4.47 Å². The topological polar surface area (TPSA) is 68.1 Å². The zero-order valence-electron chi connectivity index (χ0n) is 15.6. The molecule has 0 spiro atoms. The standard InChI is InChI=1S/C21H17BrClNO4S/c1-3-28-21(26)17-18(25)16(29-20(17)24-14-7-5-4-6-8-14)10-12-9-13(22)11-15(23)19(12)27-2/h4-11,25H,3H2,1-2H3/b16-10-,24-20?. The van der Waals surface area contributed by atoms with Crippen molar-refractivity contribution in [2.75, 3.05) is 13.7 Å². The van der Waals surface area contributed by atoms with Crippen LogP contribution < -0.4 is 4.74 Å². The summed E-state index contributed by atoms with van der Waals surface area (Å²) in [5.41, 5.74) is 1.34. The molecule has 0 unspecified atom stereocenters. The maximum absolute atomic E-state index is 12.5. The van der Waals surface area contributed by atoms with Gasteiger partial charge in [-0.25, -0.2) is 9.79 Å². The number of benzene rings is 2. The summed E-state index contributed by atoms with van der Waals surface area (Å²) in [5, 5.41) is 11.6. The maximum atomic E-state index is 12.5. The second-order valence-electron chi connectivity index (χ2n) is 5.82. The van der Waals surface area contributed by atoms with E-state index in [4.69, 9.17) is 21.1 Å². The van der Waals surface area contributed by atoms with Gasteiger partial charge < -0.3 is 14.6 Å². The number of methoxy groups -OCH3 is 1. The number of aliphatic hydroxyl groups excluding tert-OH is 1. The number of para-hydroxylation sites is 1. The average Bonchev–Trinajstić information content (AvgIpc) is 2.97. The molecule has 0 saturated heterocycles. The van der Waals surface area contributed by atoms with Crippen molar-refractivity contribution in [2.45, 2.75) is 6.92 Å². The first-order valence-electron chi connectivity index (χ1n) is 8.62. The Morgan fingerprint density at radius 3 is 2.69 bits per heavy atom. The van der Waals surface area contributed by atoms with Crippen LogP contribution in [0, 0.1) is 0 Å².